The minimum absolute atomic E-state index is 0.237. The maximum absolute atomic E-state index is 8.41. The Kier molecular flexibility index (Phi) is 6.44. The molecular weight excluding hydrogens is 162 g/mol. The molecule has 1 heterocycles. The molecule has 0 saturated heterocycles. The molecule has 0 fully saturated rings. The van der Waals surface area contributed by atoms with Crippen molar-refractivity contribution in [2.75, 3.05) is 0 Å². The molecule has 0 spiro atoms. The van der Waals surface area contributed by atoms with E-state index in [-0.39, 0.29) is 5.92 Å². The van der Waals surface area contributed by atoms with Crippen LogP contribution in [0.1, 0.15) is 38.7 Å². The molecule has 1 aromatic rings. The molecule has 3 heteroatoms. The first-order chi connectivity index (χ1) is 6.34. The van der Waals surface area contributed by atoms with Crippen LogP contribution in [0.3, 0.4) is 0 Å². The van der Waals surface area contributed by atoms with Gasteiger partial charge in [-0.3, -0.25) is 0 Å². The first kappa shape index (κ1) is 11.6. The van der Waals surface area contributed by atoms with E-state index in [4.69, 9.17) is 5.26 Å². The second-order valence-corrected chi connectivity index (χ2v) is 2.44. The fourth-order valence-electron chi connectivity index (χ4n) is 0.820. The Morgan fingerprint density at radius 2 is 1.92 bits per heavy atom. The molecule has 0 N–H and O–H groups in total. The molecule has 1 aromatic heterocycles. The molecular formula is C10H15N3. The van der Waals surface area contributed by atoms with Crippen LogP contribution >= 0.6 is 0 Å². The van der Waals surface area contributed by atoms with E-state index in [0.717, 1.165) is 5.56 Å². The lowest BCUT2D eigenvalue weighted by molar-refractivity contribution is 0.776. The van der Waals surface area contributed by atoms with Crippen molar-refractivity contribution in [3.05, 3.63) is 24.3 Å². The summed E-state index contributed by atoms with van der Waals surface area (Å²) in [6, 6.07) is 2.11. The zero-order valence-corrected chi connectivity index (χ0v) is 8.36. The highest BCUT2D eigenvalue weighted by Gasteiger charge is 2.03. The molecule has 13 heavy (non-hydrogen) atoms. The van der Waals surface area contributed by atoms with Gasteiger partial charge in [0.25, 0.3) is 0 Å². The van der Waals surface area contributed by atoms with Gasteiger partial charge in [0.2, 0.25) is 0 Å². The predicted molar refractivity (Wildman–Crippen MR) is 52.0 cm³/mol. The summed E-state index contributed by atoms with van der Waals surface area (Å²) in [6.07, 6.45) is 5.50. The number of hydrogen-bond acceptors (Lipinski definition) is 3. The lowest BCUT2D eigenvalue weighted by atomic mass is 10.0. The van der Waals surface area contributed by atoms with Gasteiger partial charge in [0.05, 0.1) is 6.07 Å². The summed E-state index contributed by atoms with van der Waals surface area (Å²) >= 11 is 0. The minimum atomic E-state index is 0.237. The summed E-state index contributed by atoms with van der Waals surface area (Å²) < 4.78 is 0. The Morgan fingerprint density at radius 3 is 2.38 bits per heavy atom. The van der Waals surface area contributed by atoms with Gasteiger partial charge in [-0.2, -0.15) is 5.26 Å². The van der Waals surface area contributed by atoms with Crippen molar-refractivity contribution in [3.8, 4) is 6.07 Å². The van der Waals surface area contributed by atoms with Crippen LogP contribution in [0.4, 0.5) is 0 Å². The first-order valence-corrected chi connectivity index (χ1v) is 4.46. The normalized spacial score (nSPS) is 10.6. The Labute approximate surface area is 79.5 Å². The van der Waals surface area contributed by atoms with Crippen molar-refractivity contribution in [2.24, 2.45) is 0 Å². The minimum Gasteiger partial charge on any atom is -0.245 e. The highest BCUT2D eigenvalue weighted by Crippen LogP contribution is 2.15. The predicted octanol–water partition coefficient (Wildman–Crippen LogP) is 2.52. The molecule has 0 saturated carbocycles. The largest absolute Gasteiger partial charge is 0.245 e. The monoisotopic (exact) mass is 177 g/mol. The highest BCUT2D eigenvalue weighted by atomic mass is 14.8. The zero-order chi connectivity index (χ0) is 10.1. The van der Waals surface area contributed by atoms with Crippen LogP contribution in [0.25, 0.3) is 0 Å². The van der Waals surface area contributed by atoms with Crippen molar-refractivity contribution < 1.29 is 0 Å². The van der Waals surface area contributed by atoms with Crippen LogP contribution in [0.15, 0.2) is 18.7 Å². The number of rotatable bonds is 2. The van der Waals surface area contributed by atoms with Crippen LogP contribution in [0, 0.1) is 11.3 Å². The molecule has 0 bridgehead atoms. The van der Waals surface area contributed by atoms with Gasteiger partial charge in [-0.1, -0.05) is 20.8 Å². The molecule has 0 aliphatic heterocycles. The summed E-state index contributed by atoms with van der Waals surface area (Å²) in [6.45, 7) is 5.99. The Balaban J connectivity index is 0.000000671. The lowest BCUT2D eigenvalue weighted by Crippen LogP contribution is -1.93. The SMILES string of the molecule is CC.CC(CC#N)c1cncnc1. The molecule has 0 aromatic carbocycles. The summed E-state index contributed by atoms with van der Waals surface area (Å²) in [5.41, 5.74) is 1.02. The standard InChI is InChI=1S/C8H9N3.C2H6/c1-7(2-3-9)8-4-10-6-11-5-8;1-2/h4-7H,2H2,1H3;1-2H3. The van der Waals surface area contributed by atoms with Crippen molar-refractivity contribution in [1.82, 2.24) is 9.97 Å². The van der Waals surface area contributed by atoms with Crippen molar-refractivity contribution in [1.29, 1.82) is 5.26 Å². The second-order valence-electron chi connectivity index (χ2n) is 2.44. The molecule has 1 rings (SSSR count). The summed E-state index contributed by atoms with van der Waals surface area (Å²) in [7, 11) is 0. The van der Waals surface area contributed by atoms with E-state index in [1.807, 2.05) is 20.8 Å². The van der Waals surface area contributed by atoms with Crippen LogP contribution in [0.2, 0.25) is 0 Å². The highest BCUT2D eigenvalue weighted by molar-refractivity contribution is 5.10. The van der Waals surface area contributed by atoms with Gasteiger partial charge in [0.1, 0.15) is 6.33 Å². The van der Waals surface area contributed by atoms with Gasteiger partial charge in [-0.15, -0.1) is 0 Å². The zero-order valence-electron chi connectivity index (χ0n) is 8.36. The molecule has 3 nitrogen and oxygen atoms in total. The molecule has 1 unspecified atom stereocenters. The number of nitriles is 1. The first-order valence-electron chi connectivity index (χ1n) is 4.46. The van der Waals surface area contributed by atoms with Gasteiger partial charge in [-0.05, 0) is 11.5 Å². The number of nitrogens with zero attached hydrogens (tertiary/aromatic N) is 3. The summed E-state index contributed by atoms with van der Waals surface area (Å²) in [4.78, 5) is 7.73. The Hall–Kier alpha value is -1.43. The Morgan fingerprint density at radius 1 is 1.38 bits per heavy atom. The van der Waals surface area contributed by atoms with Crippen molar-refractivity contribution in [3.63, 3.8) is 0 Å². The van der Waals surface area contributed by atoms with E-state index in [0.29, 0.717) is 6.42 Å². The molecule has 0 radical (unpaired) electrons. The van der Waals surface area contributed by atoms with Gasteiger partial charge in [0.15, 0.2) is 0 Å². The van der Waals surface area contributed by atoms with Crippen LogP contribution < -0.4 is 0 Å². The van der Waals surface area contributed by atoms with E-state index in [1.165, 1.54) is 6.33 Å². The Bertz CT molecular complexity index is 251. The maximum atomic E-state index is 8.41. The molecule has 70 valence electrons. The van der Waals surface area contributed by atoms with Crippen molar-refractivity contribution >= 4 is 0 Å². The fraction of sp³-hybridized carbons (Fsp3) is 0.500. The van der Waals surface area contributed by atoms with E-state index in [1.54, 1.807) is 12.4 Å². The van der Waals surface area contributed by atoms with Crippen molar-refractivity contribution in [2.45, 2.75) is 33.1 Å². The fourth-order valence-corrected chi connectivity index (χ4v) is 0.820. The van der Waals surface area contributed by atoms with E-state index in [2.05, 4.69) is 16.0 Å². The summed E-state index contributed by atoms with van der Waals surface area (Å²) in [5, 5.41) is 8.41. The van der Waals surface area contributed by atoms with Gasteiger partial charge >= 0.3 is 0 Å². The topological polar surface area (TPSA) is 49.6 Å². The van der Waals surface area contributed by atoms with Gasteiger partial charge in [0, 0.05) is 18.8 Å². The third-order valence-corrected chi connectivity index (χ3v) is 1.55. The number of hydrogen-bond donors (Lipinski definition) is 0. The smallest absolute Gasteiger partial charge is 0.115 e. The van der Waals surface area contributed by atoms with Crippen LogP contribution in [0.5, 0.6) is 0 Å². The molecule has 0 amide bonds. The average molecular weight is 177 g/mol. The second kappa shape index (κ2) is 7.23. The summed E-state index contributed by atoms with van der Waals surface area (Å²) in [5.74, 6) is 0.237. The van der Waals surface area contributed by atoms with Gasteiger partial charge in [-0.25, -0.2) is 9.97 Å². The third kappa shape index (κ3) is 4.22. The van der Waals surface area contributed by atoms with Crippen LogP contribution in [-0.4, -0.2) is 9.97 Å². The number of aromatic nitrogens is 2. The van der Waals surface area contributed by atoms with E-state index >= 15 is 0 Å². The molecule has 0 aliphatic rings. The van der Waals surface area contributed by atoms with E-state index < -0.39 is 0 Å². The maximum Gasteiger partial charge on any atom is 0.115 e. The molecule has 1 atom stereocenters. The van der Waals surface area contributed by atoms with E-state index in [9.17, 15) is 0 Å². The average Bonchev–Trinajstić information content (AvgIpc) is 2.23. The van der Waals surface area contributed by atoms with Crippen LogP contribution in [-0.2, 0) is 0 Å². The quantitative estimate of drug-likeness (QED) is 0.697. The third-order valence-electron chi connectivity index (χ3n) is 1.55. The molecule has 0 aliphatic carbocycles. The lowest BCUT2D eigenvalue weighted by Gasteiger charge is -2.03. The van der Waals surface area contributed by atoms with Gasteiger partial charge < -0.3 is 0 Å².